The van der Waals surface area contributed by atoms with E-state index in [1.54, 1.807) is 0 Å². The number of hydrogen-bond acceptors (Lipinski definition) is 1. The van der Waals surface area contributed by atoms with E-state index in [4.69, 9.17) is 0 Å². The number of likely N-dealkylation sites (tertiary alicyclic amines) is 1. The lowest BCUT2D eigenvalue weighted by Gasteiger charge is -2.13. The van der Waals surface area contributed by atoms with Gasteiger partial charge in [0.2, 0.25) is 5.91 Å². The number of hydrogen-bond donors (Lipinski definition) is 0. The minimum absolute atomic E-state index is 0.310. The Kier molecular flexibility index (Phi) is 10.3. The number of nitrogens with zero attached hydrogens (tertiary/aromatic N) is 1. The molecule has 0 aromatic heterocycles. The zero-order valence-electron chi connectivity index (χ0n) is 12.3. The average Bonchev–Trinajstić information content (AvgIpc) is 2.76. The molecule has 0 saturated carbocycles. The van der Waals surface area contributed by atoms with Crippen molar-refractivity contribution in [2.75, 3.05) is 13.1 Å². The molecule has 1 aliphatic heterocycles. The predicted molar refractivity (Wildman–Crippen MR) is 75.1 cm³/mol. The fraction of sp³-hybridized carbons (Fsp3) is 0.933. The van der Waals surface area contributed by atoms with Crippen LogP contribution in [0.25, 0.3) is 0 Å². The summed E-state index contributed by atoms with van der Waals surface area (Å²) in [5, 5.41) is 0. The van der Waals surface area contributed by atoms with Crippen LogP contribution in [0.1, 0.15) is 72.6 Å². The molecule has 1 unspecified atom stereocenters. The Hall–Kier alpha value is -0.530. The van der Waals surface area contributed by atoms with Gasteiger partial charge in [-0.1, -0.05) is 59.8 Å². The summed E-state index contributed by atoms with van der Waals surface area (Å²) in [7, 11) is 0. The van der Waals surface area contributed by atoms with E-state index in [-0.39, 0.29) is 0 Å². The molecule has 0 bridgehead atoms. The number of rotatable bonds is 5. The van der Waals surface area contributed by atoms with Crippen molar-refractivity contribution in [3.05, 3.63) is 0 Å². The van der Waals surface area contributed by atoms with Crippen LogP contribution in [0.2, 0.25) is 0 Å². The van der Waals surface area contributed by atoms with Crippen LogP contribution in [-0.4, -0.2) is 23.9 Å². The summed E-state index contributed by atoms with van der Waals surface area (Å²) in [6.45, 7) is 10.6. The summed E-state index contributed by atoms with van der Waals surface area (Å²) in [6.07, 6.45) is 8.85. The van der Waals surface area contributed by atoms with Crippen molar-refractivity contribution in [2.45, 2.75) is 72.6 Å². The van der Waals surface area contributed by atoms with E-state index in [1.165, 1.54) is 38.5 Å². The van der Waals surface area contributed by atoms with Gasteiger partial charge in [0.15, 0.2) is 0 Å². The average molecular weight is 241 g/mol. The van der Waals surface area contributed by atoms with Gasteiger partial charge in [-0.2, -0.15) is 0 Å². The van der Waals surface area contributed by atoms with Gasteiger partial charge < -0.3 is 4.90 Å². The largest absolute Gasteiger partial charge is 0.342 e. The van der Waals surface area contributed by atoms with Crippen LogP contribution in [0.5, 0.6) is 0 Å². The molecule has 1 rings (SSSR count). The Morgan fingerprint density at radius 1 is 1.12 bits per heavy atom. The first-order chi connectivity index (χ1) is 8.15. The quantitative estimate of drug-likeness (QED) is 0.659. The smallest absolute Gasteiger partial charge is 0.222 e. The van der Waals surface area contributed by atoms with Crippen molar-refractivity contribution >= 4 is 5.91 Å². The molecule has 0 spiro atoms. The normalized spacial score (nSPS) is 18.8. The topological polar surface area (TPSA) is 20.3 Å². The second-order valence-electron chi connectivity index (χ2n) is 5.15. The van der Waals surface area contributed by atoms with Gasteiger partial charge in [-0.15, -0.1) is 0 Å². The first kappa shape index (κ1) is 16.5. The van der Waals surface area contributed by atoms with Gasteiger partial charge in [0.05, 0.1) is 0 Å². The monoisotopic (exact) mass is 241 g/mol. The fourth-order valence-electron chi connectivity index (χ4n) is 2.06. The van der Waals surface area contributed by atoms with Crippen LogP contribution < -0.4 is 0 Å². The summed E-state index contributed by atoms with van der Waals surface area (Å²) in [6, 6.07) is 0. The lowest BCUT2D eigenvalue weighted by Crippen LogP contribution is -2.27. The summed E-state index contributed by atoms with van der Waals surface area (Å²) >= 11 is 0. The molecule has 2 nitrogen and oxygen atoms in total. The molecule has 1 amide bonds. The molecule has 0 aromatic rings. The molecular formula is C15H31NO. The summed E-state index contributed by atoms with van der Waals surface area (Å²) in [5.41, 5.74) is 0. The van der Waals surface area contributed by atoms with E-state index in [0.29, 0.717) is 12.3 Å². The van der Waals surface area contributed by atoms with E-state index >= 15 is 0 Å². The molecule has 0 N–H and O–H groups in total. The van der Waals surface area contributed by atoms with Gasteiger partial charge in [-0.3, -0.25) is 4.79 Å². The molecule has 102 valence electrons. The van der Waals surface area contributed by atoms with Crippen LogP contribution in [-0.2, 0) is 4.79 Å². The Labute approximate surface area is 108 Å². The minimum Gasteiger partial charge on any atom is -0.342 e. The fourth-order valence-corrected chi connectivity index (χ4v) is 2.06. The van der Waals surface area contributed by atoms with E-state index in [0.717, 1.165) is 19.0 Å². The Balaban J connectivity index is 0.000000325. The van der Waals surface area contributed by atoms with Crippen LogP contribution in [0.4, 0.5) is 0 Å². The molecule has 1 heterocycles. The van der Waals surface area contributed by atoms with Gasteiger partial charge >= 0.3 is 0 Å². The number of unbranched alkanes of at least 4 members (excludes halogenated alkanes) is 4. The SMILES string of the molecule is CCC(=O)N1CCC(C)C1.CCCCCCC. The van der Waals surface area contributed by atoms with Gasteiger partial charge in [0, 0.05) is 19.5 Å². The highest BCUT2D eigenvalue weighted by Gasteiger charge is 2.21. The molecule has 0 aromatic carbocycles. The van der Waals surface area contributed by atoms with Gasteiger partial charge in [-0.05, 0) is 12.3 Å². The standard InChI is InChI=1S/C8H15NO.C7H16/c1-3-8(10)9-5-4-7(2)6-9;1-3-5-7-6-4-2/h7H,3-6H2,1-2H3;3-7H2,1-2H3. The van der Waals surface area contributed by atoms with Crippen molar-refractivity contribution in [3.63, 3.8) is 0 Å². The number of carbonyl (C=O) groups is 1. The van der Waals surface area contributed by atoms with Crippen LogP contribution in [0.3, 0.4) is 0 Å². The van der Waals surface area contributed by atoms with E-state index in [2.05, 4.69) is 20.8 Å². The zero-order chi connectivity index (χ0) is 13.1. The third kappa shape index (κ3) is 8.23. The second-order valence-corrected chi connectivity index (χ2v) is 5.15. The molecule has 0 radical (unpaired) electrons. The lowest BCUT2D eigenvalue weighted by molar-refractivity contribution is -0.129. The van der Waals surface area contributed by atoms with E-state index in [9.17, 15) is 4.79 Å². The van der Waals surface area contributed by atoms with Gasteiger partial charge in [0.25, 0.3) is 0 Å². The highest BCUT2D eigenvalue weighted by Crippen LogP contribution is 2.15. The molecule has 1 fully saturated rings. The summed E-state index contributed by atoms with van der Waals surface area (Å²) < 4.78 is 0. The molecule has 1 aliphatic rings. The molecular weight excluding hydrogens is 210 g/mol. The van der Waals surface area contributed by atoms with Gasteiger partial charge in [-0.25, -0.2) is 0 Å². The van der Waals surface area contributed by atoms with Crippen molar-refractivity contribution in [3.8, 4) is 0 Å². The van der Waals surface area contributed by atoms with Crippen molar-refractivity contribution in [1.29, 1.82) is 0 Å². The maximum Gasteiger partial charge on any atom is 0.222 e. The van der Waals surface area contributed by atoms with E-state index < -0.39 is 0 Å². The Bertz CT molecular complexity index is 187. The molecule has 1 atom stereocenters. The molecule has 17 heavy (non-hydrogen) atoms. The van der Waals surface area contributed by atoms with Crippen molar-refractivity contribution in [1.82, 2.24) is 4.90 Å². The summed E-state index contributed by atoms with van der Waals surface area (Å²) in [4.78, 5) is 13.0. The maximum atomic E-state index is 11.1. The predicted octanol–water partition coefficient (Wildman–Crippen LogP) is 4.24. The molecule has 1 saturated heterocycles. The Morgan fingerprint density at radius 2 is 1.71 bits per heavy atom. The van der Waals surface area contributed by atoms with E-state index in [1.807, 2.05) is 11.8 Å². The second kappa shape index (κ2) is 10.6. The highest BCUT2D eigenvalue weighted by molar-refractivity contribution is 5.76. The number of amides is 1. The first-order valence-electron chi connectivity index (χ1n) is 7.43. The maximum absolute atomic E-state index is 11.1. The highest BCUT2D eigenvalue weighted by atomic mass is 16.2. The Morgan fingerprint density at radius 3 is 2.06 bits per heavy atom. The van der Waals surface area contributed by atoms with Crippen LogP contribution >= 0.6 is 0 Å². The van der Waals surface area contributed by atoms with Gasteiger partial charge in [0.1, 0.15) is 0 Å². The minimum atomic E-state index is 0.310. The zero-order valence-corrected chi connectivity index (χ0v) is 12.3. The van der Waals surface area contributed by atoms with Crippen molar-refractivity contribution in [2.24, 2.45) is 5.92 Å². The molecule has 2 heteroatoms. The lowest BCUT2D eigenvalue weighted by atomic mass is 10.2. The van der Waals surface area contributed by atoms with Crippen LogP contribution in [0, 0.1) is 5.92 Å². The van der Waals surface area contributed by atoms with Crippen LogP contribution in [0.15, 0.2) is 0 Å². The third-order valence-electron chi connectivity index (χ3n) is 3.29. The molecule has 0 aliphatic carbocycles. The van der Waals surface area contributed by atoms with Crippen molar-refractivity contribution < 1.29 is 4.79 Å². The first-order valence-corrected chi connectivity index (χ1v) is 7.43. The number of carbonyl (C=O) groups excluding carboxylic acids is 1. The summed E-state index contributed by atoms with van der Waals surface area (Å²) in [5.74, 6) is 1.03. The third-order valence-corrected chi connectivity index (χ3v) is 3.29.